The molecular weight excluding hydrogens is 1040 g/mol. The van der Waals surface area contributed by atoms with Crippen LogP contribution in [0.15, 0.2) is 0 Å². The molecular formula is C42H71N3O31. The molecule has 0 bridgehead atoms. The number of carbonyl (C=O) groups is 3. The Morgan fingerprint density at radius 1 is 0.316 bits per heavy atom. The van der Waals surface area contributed by atoms with E-state index in [0.29, 0.717) is 0 Å². The number of hydrogen-bond acceptors (Lipinski definition) is 31. The van der Waals surface area contributed by atoms with Crippen LogP contribution in [-0.2, 0) is 66.5 Å². The molecule has 6 rings (SSSR count). The quantitative estimate of drug-likeness (QED) is 0.0571. The van der Waals surface area contributed by atoms with Crippen molar-refractivity contribution in [3.63, 3.8) is 0 Å². The Bertz CT molecular complexity index is 1870. The summed E-state index contributed by atoms with van der Waals surface area (Å²) in [6.45, 7) is -2.79. The van der Waals surface area contributed by atoms with Crippen LogP contribution < -0.4 is 16.0 Å². The summed E-state index contributed by atoms with van der Waals surface area (Å²) in [5.41, 5.74) is 0. The second kappa shape index (κ2) is 27.2. The molecule has 0 spiro atoms. The number of nitrogens with one attached hydrogen (secondary N) is 3. The highest BCUT2D eigenvalue weighted by Gasteiger charge is 2.58. The maximum Gasteiger partial charge on any atom is 0.217 e. The van der Waals surface area contributed by atoms with Crippen molar-refractivity contribution in [3.05, 3.63) is 0 Å². The van der Waals surface area contributed by atoms with Crippen molar-refractivity contribution in [2.75, 3.05) is 39.6 Å². The van der Waals surface area contributed by atoms with Gasteiger partial charge >= 0.3 is 0 Å². The van der Waals surface area contributed by atoms with E-state index in [0.717, 1.165) is 20.8 Å². The van der Waals surface area contributed by atoms with Gasteiger partial charge in [0.1, 0.15) is 146 Å². The van der Waals surface area contributed by atoms with Crippen molar-refractivity contribution >= 4 is 17.7 Å². The van der Waals surface area contributed by atoms with E-state index in [4.69, 9.17) is 52.1 Å². The topological polar surface area (TPSA) is 533 Å². The van der Waals surface area contributed by atoms with Crippen molar-refractivity contribution in [1.82, 2.24) is 16.0 Å². The molecule has 6 aliphatic rings. The SMILES string of the molecule is CC(=O)N[C@@H]1[C@@H](O)[C@H](O[C@@H]2O[C@H](CO)[C@@H](O[C@@H]3O[C@H](CO)[C@@H](O)[C@H](O[C@H]4O[C@H](CO)[C@@H](O)[C@H](O)[C@@H]4O[C@@H]4O[C@H](CO)[C@@H](O[C@@H]5O[C@H](CO)[C@H](O)[C@H](O)[C@H]5O)[C@H](O)[C@H]4NC(C)=O)[C@@H]3O)[C@H](O)[C@H]2NC(C)=O)[C@@H](CO)O[C@H]1O. The number of carbonyl (C=O) groups excluding carboxylic acids is 3. The molecule has 6 fully saturated rings. The highest BCUT2D eigenvalue weighted by molar-refractivity contribution is 5.74. The third-order valence-electron chi connectivity index (χ3n) is 13.6. The van der Waals surface area contributed by atoms with Gasteiger partial charge in [-0.2, -0.15) is 0 Å². The Morgan fingerprint density at radius 3 is 1.07 bits per heavy atom. The molecule has 0 saturated carbocycles. The summed E-state index contributed by atoms with van der Waals surface area (Å²) in [6.07, 6.45) is -51.5. The van der Waals surface area contributed by atoms with Crippen molar-refractivity contribution < 1.29 is 153 Å². The van der Waals surface area contributed by atoms with Crippen LogP contribution in [0.2, 0.25) is 0 Å². The first-order chi connectivity index (χ1) is 35.9. The van der Waals surface area contributed by atoms with E-state index >= 15 is 0 Å². The summed E-state index contributed by atoms with van der Waals surface area (Å²) < 4.78 is 63.5. The Hall–Kier alpha value is -2.71. The number of hydrogen-bond donors (Lipinski definition) is 20. The summed E-state index contributed by atoms with van der Waals surface area (Å²) >= 11 is 0. The van der Waals surface area contributed by atoms with Gasteiger partial charge in [0.15, 0.2) is 37.7 Å². The van der Waals surface area contributed by atoms with E-state index in [1.165, 1.54) is 0 Å². The van der Waals surface area contributed by atoms with E-state index in [1.807, 2.05) is 0 Å². The van der Waals surface area contributed by atoms with E-state index < -0.39 is 241 Å². The Kier molecular flexibility index (Phi) is 22.3. The minimum absolute atomic E-state index is 0.709. The molecule has 6 saturated heterocycles. The Balaban J connectivity index is 1.24. The van der Waals surface area contributed by atoms with Crippen LogP contribution in [0.25, 0.3) is 0 Å². The highest BCUT2D eigenvalue weighted by atomic mass is 16.8. The summed E-state index contributed by atoms with van der Waals surface area (Å²) in [4.78, 5) is 36.9. The summed E-state index contributed by atoms with van der Waals surface area (Å²) in [5.74, 6) is -2.38. The molecule has 6 aliphatic heterocycles. The van der Waals surface area contributed by atoms with Gasteiger partial charge in [0.25, 0.3) is 0 Å². The van der Waals surface area contributed by atoms with Crippen LogP contribution in [0.5, 0.6) is 0 Å². The van der Waals surface area contributed by atoms with Crippen LogP contribution >= 0.6 is 0 Å². The lowest BCUT2D eigenvalue weighted by Gasteiger charge is -2.51. The van der Waals surface area contributed by atoms with E-state index in [1.54, 1.807) is 0 Å². The molecule has 34 heteroatoms. The van der Waals surface area contributed by atoms with Gasteiger partial charge < -0.3 is 155 Å². The van der Waals surface area contributed by atoms with Gasteiger partial charge in [0, 0.05) is 20.8 Å². The van der Waals surface area contributed by atoms with Gasteiger partial charge in [0.2, 0.25) is 17.7 Å². The maximum absolute atomic E-state index is 12.5. The van der Waals surface area contributed by atoms with Gasteiger partial charge in [-0.25, -0.2) is 0 Å². The lowest BCUT2D eigenvalue weighted by atomic mass is 9.93. The molecule has 0 aromatic carbocycles. The number of rotatable bonds is 19. The number of amides is 3. The molecule has 30 atom stereocenters. The molecule has 3 amide bonds. The number of ether oxygens (including phenoxy) is 11. The third kappa shape index (κ3) is 13.5. The largest absolute Gasteiger partial charge is 0.394 e. The predicted molar refractivity (Wildman–Crippen MR) is 234 cm³/mol. The van der Waals surface area contributed by atoms with Gasteiger partial charge in [-0.1, -0.05) is 0 Å². The highest BCUT2D eigenvalue weighted by Crippen LogP contribution is 2.37. The van der Waals surface area contributed by atoms with Crippen LogP contribution in [0.4, 0.5) is 0 Å². The molecule has 0 radical (unpaired) electrons. The first-order valence-electron chi connectivity index (χ1n) is 24.1. The third-order valence-corrected chi connectivity index (χ3v) is 13.6. The van der Waals surface area contributed by atoms with E-state index in [9.17, 15) is 101 Å². The fourth-order valence-electron chi connectivity index (χ4n) is 9.71. The smallest absolute Gasteiger partial charge is 0.217 e. The molecule has 0 aromatic heterocycles. The number of aliphatic hydroxyl groups excluding tert-OH is 17. The zero-order valence-corrected chi connectivity index (χ0v) is 40.9. The standard InChI is InChI=1S/C42H71N3O31/c1-10(52)43-19-25(58)32(16(7-49)66-37(19)65)72-38-20(44-11(2)53)26(59)34(18(9-51)70-38)74-41-31(64)35(24(57)15(6-48)68-41)75-42-36(29(62)23(56)14(5-47)69-42)76-39-21(45-12(3)54)27(60)33(17(8-50)71-39)73-40-30(63)28(61)22(55)13(4-46)67-40/h13-42,46-51,55-65H,4-9H2,1-3H3,(H,43,52)(H,44,53)(H,45,54)/t13-,14-,15-,16-,17-,18-,19-,20-,21-,22+,23-,24-,25-,26-,27-,28+,29+,30-,31+,32-,33-,34-,35+,36+,37-,38+,39+,40+,41+,42-/m1/s1. The lowest BCUT2D eigenvalue weighted by Crippen LogP contribution is -2.70. The second-order valence-corrected chi connectivity index (χ2v) is 19.0. The molecule has 6 heterocycles. The Labute approximate surface area is 431 Å². The predicted octanol–water partition coefficient (Wildman–Crippen LogP) is -13.7. The van der Waals surface area contributed by atoms with Gasteiger partial charge in [0.05, 0.1) is 39.6 Å². The monoisotopic (exact) mass is 1110 g/mol. The molecule has 76 heavy (non-hydrogen) atoms. The van der Waals surface area contributed by atoms with Crippen molar-refractivity contribution in [2.45, 2.75) is 205 Å². The Morgan fingerprint density at radius 2 is 0.632 bits per heavy atom. The van der Waals surface area contributed by atoms with Gasteiger partial charge in [-0.15, -0.1) is 0 Å². The zero-order valence-electron chi connectivity index (χ0n) is 40.9. The molecule has 20 N–H and O–H groups in total. The van der Waals surface area contributed by atoms with E-state index in [-0.39, 0.29) is 0 Å². The van der Waals surface area contributed by atoms with Crippen molar-refractivity contribution in [3.8, 4) is 0 Å². The summed E-state index contributed by atoms with van der Waals surface area (Å²) in [6, 6.07) is -5.03. The maximum atomic E-state index is 12.5. The minimum atomic E-state index is -2.27. The van der Waals surface area contributed by atoms with Gasteiger partial charge in [-0.05, 0) is 0 Å². The fraction of sp³-hybridized carbons (Fsp3) is 0.929. The first kappa shape index (κ1) is 62.5. The van der Waals surface area contributed by atoms with E-state index in [2.05, 4.69) is 16.0 Å². The van der Waals surface area contributed by atoms with Crippen LogP contribution in [-0.4, -0.2) is 328 Å². The summed E-state index contributed by atoms with van der Waals surface area (Å²) in [5, 5.41) is 190. The zero-order chi connectivity index (χ0) is 56.2. The minimum Gasteiger partial charge on any atom is -0.394 e. The first-order valence-corrected chi connectivity index (χ1v) is 24.1. The average Bonchev–Trinajstić information content (AvgIpc) is 3.38. The molecule has 440 valence electrons. The molecule has 0 aliphatic carbocycles. The second-order valence-electron chi connectivity index (χ2n) is 19.0. The fourth-order valence-corrected chi connectivity index (χ4v) is 9.71. The normalized spacial score (nSPS) is 48.2. The van der Waals surface area contributed by atoms with Crippen molar-refractivity contribution in [1.29, 1.82) is 0 Å². The number of aliphatic hydroxyl groups is 17. The molecule has 0 unspecified atom stereocenters. The lowest BCUT2D eigenvalue weighted by molar-refractivity contribution is -0.395. The molecule has 34 nitrogen and oxygen atoms in total. The van der Waals surface area contributed by atoms with Crippen LogP contribution in [0.3, 0.4) is 0 Å². The van der Waals surface area contributed by atoms with Crippen molar-refractivity contribution in [2.24, 2.45) is 0 Å². The van der Waals surface area contributed by atoms with Gasteiger partial charge in [-0.3, -0.25) is 14.4 Å². The molecule has 0 aromatic rings. The average molecular weight is 1110 g/mol. The van der Waals surface area contributed by atoms with Crippen LogP contribution in [0.1, 0.15) is 20.8 Å². The summed E-state index contributed by atoms with van der Waals surface area (Å²) in [7, 11) is 0. The van der Waals surface area contributed by atoms with Crippen LogP contribution in [0, 0.1) is 0 Å².